The maximum atomic E-state index is 10.8. The Balaban J connectivity index is 0.00000361. The van der Waals surface area contributed by atoms with Crippen LogP contribution in [0.1, 0.15) is 31.0 Å². The molecule has 0 aliphatic carbocycles. The summed E-state index contributed by atoms with van der Waals surface area (Å²) in [6, 6.07) is 3.22. The molecule has 1 aromatic carbocycles. The van der Waals surface area contributed by atoms with E-state index in [0.717, 1.165) is 6.07 Å². The second-order valence-electron chi connectivity index (χ2n) is 4.93. The molecular formula is C12H16ClN3O4. The summed E-state index contributed by atoms with van der Waals surface area (Å²) in [6.45, 7) is 3.04. The monoisotopic (exact) mass is 301 g/mol. The molecule has 20 heavy (non-hydrogen) atoms. The van der Waals surface area contributed by atoms with E-state index in [1.54, 1.807) is 19.9 Å². The van der Waals surface area contributed by atoms with Crippen LogP contribution in [-0.2, 0) is 0 Å². The van der Waals surface area contributed by atoms with Crippen LogP contribution in [0.25, 0.3) is 0 Å². The number of halogens is 1. The van der Waals surface area contributed by atoms with Gasteiger partial charge in [0.2, 0.25) is 0 Å². The van der Waals surface area contributed by atoms with E-state index in [4.69, 9.17) is 11.0 Å². The van der Waals surface area contributed by atoms with Crippen molar-refractivity contribution >= 4 is 18.1 Å². The van der Waals surface area contributed by atoms with Crippen molar-refractivity contribution in [3.8, 4) is 11.8 Å². The predicted molar refractivity (Wildman–Crippen MR) is 74.5 cm³/mol. The van der Waals surface area contributed by atoms with Crippen molar-refractivity contribution in [1.82, 2.24) is 0 Å². The van der Waals surface area contributed by atoms with Gasteiger partial charge in [0, 0.05) is 29.7 Å². The lowest BCUT2D eigenvalue weighted by Crippen LogP contribution is -2.32. The van der Waals surface area contributed by atoms with Crippen LogP contribution in [0.5, 0.6) is 5.75 Å². The molecule has 1 aromatic rings. The molecule has 0 heterocycles. The summed E-state index contributed by atoms with van der Waals surface area (Å²) in [5.74, 6) is -0.571. The molecule has 1 atom stereocenters. The Hall–Kier alpha value is -1.88. The second-order valence-corrected chi connectivity index (χ2v) is 4.93. The molecule has 7 nitrogen and oxygen atoms in total. The number of aliphatic hydroxyl groups is 1. The topological polar surface area (TPSA) is 133 Å². The Morgan fingerprint density at radius 1 is 1.55 bits per heavy atom. The minimum Gasteiger partial charge on any atom is -0.502 e. The summed E-state index contributed by atoms with van der Waals surface area (Å²) in [5, 5.41) is 38.8. The first-order chi connectivity index (χ1) is 8.74. The van der Waals surface area contributed by atoms with Crippen LogP contribution < -0.4 is 5.73 Å². The van der Waals surface area contributed by atoms with Crippen LogP contribution in [0.2, 0.25) is 0 Å². The molecule has 110 valence electrons. The first kappa shape index (κ1) is 18.1. The van der Waals surface area contributed by atoms with Gasteiger partial charge in [0.15, 0.2) is 5.75 Å². The zero-order valence-corrected chi connectivity index (χ0v) is 11.8. The molecule has 4 N–H and O–H groups in total. The van der Waals surface area contributed by atoms with Gasteiger partial charge < -0.3 is 15.9 Å². The van der Waals surface area contributed by atoms with Crippen molar-refractivity contribution in [2.24, 2.45) is 11.1 Å². The molecule has 0 saturated carbocycles. The standard InChI is InChI=1S/C12H15N3O4.ClH/c1-12(2,6-16)11(14)8-3-7(5-13)4-9(10(8)17)15(18)19;/h3-4,11,16-17H,6,14H2,1-2H3;1H/t11-;/m0./s1. The van der Waals surface area contributed by atoms with Crippen molar-refractivity contribution in [2.45, 2.75) is 19.9 Å². The summed E-state index contributed by atoms with van der Waals surface area (Å²) in [5.41, 5.74) is 4.67. The van der Waals surface area contributed by atoms with E-state index in [1.165, 1.54) is 6.07 Å². The van der Waals surface area contributed by atoms with E-state index >= 15 is 0 Å². The van der Waals surface area contributed by atoms with Gasteiger partial charge >= 0.3 is 5.69 Å². The molecule has 0 amide bonds. The number of benzene rings is 1. The predicted octanol–water partition coefficient (Wildman–Crippen LogP) is 1.61. The first-order valence-electron chi connectivity index (χ1n) is 5.52. The Bertz CT molecular complexity index is 554. The number of phenols is 1. The molecule has 0 bridgehead atoms. The van der Waals surface area contributed by atoms with Gasteiger partial charge in [-0.3, -0.25) is 10.1 Å². The molecule has 0 saturated heterocycles. The Kier molecular flexibility index (Phi) is 5.91. The van der Waals surface area contributed by atoms with Crippen LogP contribution >= 0.6 is 12.4 Å². The normalized spacial score (nSPS) is 12.2. The third-order valence-electron chi connectivity index (χ3n) is 3.03. The Morgan fingerprint density at radius 2 is 2.10 bits per heavy atom. The highest BCUT2D eigenvalue weighted by molar-refractivity contribution is 5.85. The number of nitrogens with zero attached hydrogens (tertiary/aromatic N) is 2. The highest BCUT2D eigenvalue weighted by atomic mass is 35.5. The number of phenolic OH excluding ortho intramolecular Hbond substituents is 1. The average molecular weight is 302 g/mol. The van der Waals surface area contributed by atoms with Crippen molar-refractivity contribution in [3.05, 3.63) is 33.4 Å². The molecule has 0 aliphatic rings. The number of hydrogen-bond donors (Lipinski definition) is 3. The Morgan fingerprint density at radius 3 is 2.50 bits per heavy atom. The minimum absolute atomic E-state index is 0. The van der Waals surface area contributed by atoms with Crippen LogP contribution in [0.15, 0.2) is 12.1 Å². The molecule has 0 aromatic heterocycles. The van der Waals surface area contributed by atoms with Crippen LogP contribution in [0.4, 0.5) is 5.69 Å². The fourth-order valence-electron chi connectivity index (χ4n) is 1.60. The number of rotatable bonds is 4. The van der Waals surface area contributed by atoms with Gasteiger partial charge in [0.05, 0.1) is 16.6 Å². The van der Waals surface area contributed by atoms with Gasteiger partial charge in [-0.15, -0.1) is 12.4 Å². The minimum atomic E-state index is -0.843. The fraction of sp³-hybridized carbons (Fsp3) is 0.417. The molecule has 0 radical (unpaired) electrons. The van der Waals surface area contributed by atoms with Gasteiger partial charge in [-0.2, -0.15) is 5.26 Å². The zero-order chi connectivity index (χ0) is 14.8. The SMILES string of the molecule is CC(C)(CO)[C@@H](N)c1cc(C#N)cc([N+](=O)[O-])c1O.Cl. The van der Waals surface area contributed by atoms with E-state index in [1.807, 2.05) is 0 Å². The van der Waals surface area contributed by atoms with Crippen LogP contribution in [-0.4, -0.2) is 21.7 Å². The Labute approximate surface area is 122 Å². The lowest BCUT2D eigenvalue weighted by molar-refractivity contribution is -0.386. The van der Waals surface area contributed by atoms with Gasteiger partial charge in [-0.25, -0.2) is 0 Å². The molecule has 0 aliphatic heterocycles. The molecule has 0 fully saturated rings. The molecule has 8 heteroatoms. The second kappa shape index (κ2) is 6.52. The van der Waals surface area contributed by atoms with Crippen molar-refractivity contribution < 1.29 is 15.1 Å². The lowest BCUT2D eigenvalue weighted by Gasteiger charge is -2.30. The van der Waals surface area contributed by atoms with Crippen molar-refractivity contribution in [2.75, 3.05) is 6.61 Å². The maximum absolute atomic E-state index is 10.8. The van der Waals surface area contributed by atoms with Gasteiger partial charge in [-0.05, 0) is 6.07 Å². The van der Waals surface area contributed by atoms with E-state index in [9.17, 15) is 20.3 Å². The highest BCUT2D eigenvalue weighted by Gasteiger charge is 2.32. The van der Waals surface area contributed by atoms with Gasteiger partial charge in [0.1, 0.15) is 0 Å². The zero-order valence-electron chi connectivity index (χ0n) is 11.0. The number of nitrogens with two attached hydrogens (primary N) is 1. The summed E-state index contributed by atoms with van der Waals surface area (Å²) >= 11 is 0. The number of hydrogen-bond acceptors (Lipinski definition) is 6. The smallest absolute Gasteiger partial charge is 0.312 e. The van der Waals surface area contributed by atoms with E-state index < -0.39 is 27.8 Å². The maximum Gasteiger partial charge on any atom is 0.312 e. The van der Waals surface area contributed by atoms with Crippen LogP contribution in [0.3, 0.4) is 0 Å². The highest BCUT2D eigenvalue weighted by Crippen LogP contribution is 2.40. The number of aliphatic hydroxyl groups excluding tert-OH is 1. The fourth-order valence-corrected chi connectivity index (χ4v) is 1.60. The van der Waals surface area contributed by atoms with Crippen LogP contribution in [0, 0.1) is 26.9 Å². The van der Waals surface area contributed by atoms with Gasteiger partial charge in [-0.1, -0.05) is 13.8 Å². The summed E-state index contributed by atoms with van der Waals surface area (Å²) < 4.78 is 0. The number of nitro groups is 1. The summed E-state index contributed by atoms with van der Waals surface area (Å²) in [6.07, 6.45) is 0. The first-order valence-corrected chi connectivity index (χ1v) is 5.52. The van der Waals surface area contributed by atoms with E-state index in [-0.39, 0.29) is 30.1 Å². The van der Waals surface area contributed by atoms with E-state index in [2.05, 4.69) is 0 Å². The van der Waals surface area contributed by atoms with E-state index in [0.29, 0.717) is 0 Å². The summed E-state index contributed by atoms with van der Waals surface area (Å²) in [4.78, 5) is 10.1. The molecule has 0 unspecified atom stereocenters. The number of aromatic hydroxyl groups is 1. The number of nitro benzene ring substituents is 1. The molecule has 1 rings (SSSR count). The average Bonchev–Trinajstić information content (AvgIpc) is 2.37. The third kappa shape index (κ3) is 3.36. The third-order valence-corrected chi connectivity index (χ3v) is 3.03. The molecule has 0 spiro atoms. The largest absolute Gasteiger partial charge is 0.502 e. The van der Waals surface area contributed by atoms with Crippen molar-refractivity contribution in [1.29, 1.82) is 5.26 Å². The quantitative estimate of drug-likeness (QED) is 0.571. The summed E-state index contributed by atoms with van der Waals surface area (Å²) in [7, 11) is 0. The lowest BCUT2D eigenvalue weighted by atomic mass is 9.81. The molecular weight excluding hydrogens is 286 g/mol. The van der Waals surface area contributed by atoms with Gasteiger partial charge in [0.25, 0.3) is 0 Å². The van der Waals surface area contributed by atoms with Crippen molar-refractivity contribution in [3.63, 3.8) is 0 Å². The number of nitriles is 1.